The van der Waals surface area contributed by atoms with Gasteiger partial charge in [-0.3, -0.25) is 0 Å². The Morgan fingerprint density at radius 1 is 1.71 bits per heavy atom. The van der Waals surface area contributed by atoms with Crippen molar-refractivity contribution in [2.45, 2.75) is 18.6 Å². The highest BCUT2D eigenvalue weighted by atomic mass is 33.1. The lowest BCUT2D eigenvalue weighted by molar-refractivity contribution is 0.729. The minimum atomic E-state index is 0.142. The fourth-order valence-corrected chi connectivity index (χ4v) is 0.335. The molecule has 0 aliphatic carbocycles. The minimum Gasteiger partial charge on any atom is -0.329 e. The van der Waals surface area contributed by atoms with Gasteiger partial charge in [0.15, 0.2) is 0 Å². The first kappa shape index (κ1) is 7.66. The summed E-state index contributed by atoms with van der Waals surface area (Å²) in [6, 6.07) is 0. The molecule has 0 aromatic carbocycles. The molecule has 1 nitrogen and oxygen atoms in total. The second-order valence-corrected chi connectivity index (χ2v) is 3.89. The summed E-state index contributed by atoms with van der Waals surface area (Å²) in [5.74, 6) is 0. The van der Waals surface area contributed by atoms with Crippen molar-refractivity contribution in [3.63, 3.8) is 0 Å². The van der Waals surface area contributed by atoms with Crippen LogP contribution in [0.2, 0.25) is 0 Å². The van der Waals surface area contributed by atoms with Crippen molar-refractivity contribution in [3.8, 4) is 0 Å². The third-order valence-corrected chi connectivity index (χ3v) is 2.88. The van der Waals surface area contributed by atoms with E-state index in [9.17, 15) is 0 Å². The highest BCUT2D eigenvalue weighted by Crippen LogP contribution is 2.25. The predicted molar refractivity (Wildman–Crippen MR) is 39.7 cm³/mol. The normalized spacial score (nSPS) is 12.0. The molecule has 0 rings (SSSR count). The molecule has 0 fully saturated rings. The lowest BCUT2D eigenvalue weighted by Gasteiger charge is -2.16. The number of nitrogens with two attached hydrogens (primary N) is 1. The Balaban J connectivity index is 3.36. The van der Waals surface area contributed by atoms with Crippen LogP contribution in [0.4, 0.5) is 0 Å². The molecule has 0 spiro atoms. The van der Waals surface area contributed by atoms with Crippen molar-refractivity contribution in [3.05, 3.63) is 0 Å². The van der Waals surface area contributed by atoms with Crippen LogP contribution in [0.25, 0.3) is 0 Å². The van der Waals surface area contributed by atoms with E-state index in [2.05, 4.69) is 25.5 Å². The van der Waals surface area contributed by atoms with E-state index in [0.717, 1.165) is 0 Å². The molecule has 0 unspecified atom stereocenters. The summed E-state index contributed by atoms with van der Waals surface area (Å²) in [6.07, 6.45) is 0. The van der Waals surface area contributed by atoms with Crippen molar-refractivity contribution in [2.24, 2.45) is 5.73 Å². The van der Waals surface area contributed by atoms with Gasteiger partial charge in [0.25, 0.3) is 0 Å². The summed E-state index contributed by atoms with van der Waals surface area (Å²) >= 11 is 4.02. The predicted octanol–water partition coefficient (Wildman–Crippen LogP) is 1.30. The van der Waals surface area contributed by atoms with E-state index in [1.807, 2.05) is 0 Å². The van der Waals surface area contributed by atoms with E-state index in [1.54, 1.807) is 0 Å². The summed E-state index contributed by atoms with van der Waals surface area (Å²) in [7, 11) is 1.50. The molecule has 0 bridgehead atoms. The van der Waals surface area contributed by atoms with Gasteiger partial charge in [0.2, 0.25) is 0 Å². The molecule has 0 saturated carbocycles. The molecule has 7 heavy (non-hydrogen) atoms. The van der Waals surface area contributed by atoms with Gasteiger partial charge in [-0.05, 0) is 13.8 Å². The van der Waals surface area contributed by atoms with Crippen LogP contribution < -0.4 is 5.73 Å². The molecule has 0 atom stereocenters. The second-order valence-electron chi connectivity index (χ2n) is 2.06. The van der Waals surface area contributed by atoms with E-state index in [4.69, 9.17) is 5.73 Å². The first-order valence-corrected chi connectivity index (χ1v) is 4.02. The van der Waals surface area contributed by atoms with Gasteiger partial charge in [0.05, 0.1) is 0 Å². The van der Waals surface area contributed by atoms with Crippen molar-refractivity contribution in [1.29, 1.82) is 0 Å². The maximum absolute atomic E-state index is 5.35. The summed E-state index contributed by atoms with van der Waals surface area (Å²) in [5.41, 5.74) is 5.35. The number of hydrogen-bond donors (Lipinski definition) is 2. The molecular formula is C4H11NS2. The molecule has 0 aromatic heterocycles. The Hall–Kier alpha value is 0.660. The zero-order chi connectivity index (χ0) is 5.91. The molecule has 0 aromatic rings. The lowest BCUT2D eigenvalue weighted by Crippen LogP contribution is -2.25. The van der Waals surface area contributed by atoms with Crippen LogP contribution in [0, 0.1) is 0 Å². The maximum atomic E-state index is 5.35. The monoisotopic (exact) mass is 137 g/mol. The molecule has 44 valence electrons. The molecule has 0 amide bonds. The Morgan fingerprint density at radius 3 is 2.14 bits per heavy atom. The van der Waals surface area contributed by atoms with Crippen molar-refractivity contribution >= 4 is 22.5 Å². The van der Waals surface area contributed by atoms with Gasteiger partial charge >= 0.3 is 0 Å². The highest BCUT2D eigenvalue weighted by molar-refractivity contribution is 8.69. The minimum absolute atomic E-state index is 0.142. The van der Waals surface area contributed by atoms with Crippen LogP contribution in [0.1, 0.15) is 13.8 Å². The SMILES string of the molecule is CC(C)(CN)SS. The van der Waals surface area contributed by atoms with Crippen molar-refractivity contribution in [2.75, 3.05) is 6.54 Å². The third kappa shape index (κ3) is 3.26. The second kappa shape index (κ2) is 2.84. The lowest BCUT2D eigenvalue weighted by atomic mass is 10.2. The fraction of sp³-hybridized carbons (Fsp3) is 1.00. The highest BCUT2D eigenvalue weighted by Gasteiger charge is 2.12. The Kier molecular flexibility index (Phi) is 3.11. The van der Waals surface area contributed by atoms with Gasteiger partial charge < -0.3 is 5.73 Å². The summed E-state index contributed by atoms with van der Waals surface area (Å²) < 4.78 is 0.142. The van der Waals surface area contributed by atoms with Gasteiger partial charge in [0, 0.05) is 11.3 Å². The van der Waals surface area contributed by atoms with Crippen LogP contribution >= 0.6 is 22.5 Å². The van der Waals surface area contributed by atoms with Crippen LogP contribution in [0.15, 0.2) is 0 Å². The molecular weight excluding hydrogens is 126 g/mol. The average molecular weight is 137 g/mol. The quantitative estimate of drug-likeness (QED) is 0.443. The summed E-state index contributed by atoms with van der Waals surface area (Å²) in [5, 5.41) is 0. The van der Waals surface area contributed by atoms with Crippen molar-refractivity contribution in [1.82, 2.24) is 0 Å². The van der Waals surface area contributed by atoms with E-state index < -0.39 is 0 Å². The third-order valence-electron chi connectivity index (χ3n) is 0.739. The Bertz CT molecular complexity index is 47.7. The van der Waals surface area contributed by atoms with Crippen LogP contribution in [-0.4, -0.2) is 11.3 Å². The first-order valence-electron chi connectivity index (χ1n) is 2.15. The molecule has 0 aliphatic heterocycles. The van der Waals surface area contributed by atoms with Crippen LogP contribution in [0.5, 0.6) is 0 Å². The number of rotatable bonds is 2. The molecule has 0 saturated heterocycles. The maximum Gasteiger partial charge on any atom is 0.0327 e. The van der Waals surface area contributed by atoms with E-state index in [0.29, 0.717) is 6.54 Å². The fourth-order valence-electron chi connectivity index (χ4n) is 0.0373. The molecule has 0 aliphatic rings. The molecule has 0 heterocycles. The van der Waals surface area contributed by atoms with Crippen LogP contribution in [0.3, 0.4) is 0 Å². The van der Waals surface area contributed by atoms with Crippen LogP contribution in [-0.2, 0) is 0 Å². The van der Waals surface area contributed by atoms with Gasteiger partial charge in [-0.25, -0.2) is 0 Å². The topological polar surface area (TPSA) is 26.0 Å². The van der Waals surface area contributed by atoms with E-state index >= 15 is 0 Å². The number of hydrogen-bond acceptors (Lipinski definition) is 3. The van der Waals surface area contributed by atoms with Gasteiger partial charge in [-0.1, -0.05) is 10.8 Å². The smallest absolute Gasteiger partial charge is 0.0327 e. The van der Waals surface area contributed by atoms with Gasteiger partial charge in [-0.15, -0.1) is 11.7 Å². The summed E-state index contributed by atoms with van der Waals surface area (Å²) in [6.45, 7) is 4.80. The molecule has 0 radical (unpaired) electrons. The first-order chi connectivity index (χ1) is 3.12. The molecule has 3 heteroatoms. The van der Waals surface area contributed by atoms with E-state index in [1.165, 1.54) is 10.8 Å². The average Bonchev–Trinajstić information content (AvgIpc) is 1.68. The standard InChI is InChI=1S/C4H11NS2/c1-4(2,3-5)7-6/h6H,3,5H2,1-2H3. The largest absolute Gasteiger partial charge is 0.329 e. The Morgan fingerprint density at radius 2 is 2.14 bits per heavy atom. The summed E-state index contributed by atoms with van der Waals surface area (Å²) in [4.78, 5) is 0. The van der Waals surface area contributed by atoms with Gasteiger partial charge in [0.1, 0.15) is 0 Å². The molecule has 2 N–H and O–H groups in total. The van der Waals surface area contributed by atoms with Gasteiger partial charge in [-0.2, -0.15) is 0 Å². The van der Waals surface area contributed by atoms with E-state index in [-0.39, 0.29) is 4.75 Å². The Labute approximate surface area is 53.9 Å². The zero-order valence-corrected chi connectivity index (χ0v) is 6.35. The number of thiol groups is 1. The zero-order valence-electron chi connectivity index (χ0n) is 4.64. The van der Waals surface area contributed by atoms with Crippen molar-refractivity contribution < 1.29 is 0 Å².